The minimum atomic E-state index is -0.659. The first-order valence-electron chi connectivity index (χ1n) is 9.28. The SMILES string of the molecule is C[C@H]1C[C@@H]1Cn1ccc(C(=O)c2cncnc2N[C@@H]2CC[C@@](C)(O)C2)n1. The van der Waals surface area contributed by atoms with Crippen molar-refractivity contribution in [1.82, 2.24) is 19.7 Å². The van der Waals surface area contributed by atoms with Crippen LogP contribution >= 0.6 is 0 Å². The van der Waals surface area contributed by atoms with Gasteiger partial charge in [-0.25, -0.2) is 9.97 Å². The summed E-state index contributed by atoms with van der Waals surface area (Å²) >= 11 is 0. The van der Waals surface area contributed by atoms with Crippen molar-refractivity contribution >= 4 is 11.6 Å². The lowest BCUT2D eigenvalue weighted by atomic mass is 10.1. The number of carbonyl (C=O) groups is 1. The van der Waals surface area contributed by atoms with E-state index >= 15 is 0 Å². The molecule has 2 aliphatic rings. The Morgan fingerprint density at radius 3 is 3.00 bits per heavy atom. The third-order valence-corrected chi connectivity index (χ3v) is 5.59. The summed E-state index contributed by atoms with van der Waals surface area (Å²) in [5.41, 5.74) is 0.173. The van der Waals surface area contributed by atoms with E-state index < -0.39 is 5.60 Å². The maximum Gasteiger partial charge on any atom is 0.218 e. The molecule has 4 atom stereocenters. The Morgan fingerprint density at radius 1 is 1.50 bits per heavy atom. The monoisotopic (exact) mass is 355 g/mol. The molecule has 2 aromatic rings. The van der Waals surface area contributed by atoms with Gasteiger partial charge in [0.05, 0.1) is 11.2 Å². The Morgan fingerprint density at radius 2 is 2.31 bits per heavy atom. The summed E-state index contributed by atoms with van der Waals surface area (Å²) in [7, 11) is 0. The van der Waals surface area contributed by atoms with Crippen molar-refractivity contribution in [2.24, 2.45) is 11.8 Å². The van der Waals surface area contributed by atoms with E-state index in [9.17, 15) is 9.90 Å². The van der Waals surface area contributed by atoms with Crippen LogP contribution in [0.15, 0.2) is 24.8 Å². The van der Waals surface area contributed by atoms with Crippen LogP contribution in [-0.2, 0) is 6.54 Å². The van der Waals surface area contributed by atoms with Crippen LogP contribution in [0.25, 0.3) is 0 Å². The maximum atomic E-state index is 12.9. The average Bonchev–Trinajstić information content (AvgIpc) is 2.97. The molecule has 0 bridgehead atoms. The zero-order valence-electron chi connectivity index (χ0n) is 15.2. The molecule has 7 nitrogen and oxygen atoms in total. The van der Waals surface area contributed by atoms with E-state index in [1.807, 2.05) is 17.8 Å². The Balaban J connectivity index is 1.49. The van der Waals surface area contributed by atoms with Crippen LogP contribution in [0.3, 0.4) is 0 Å². The first-order chi connectivity index (χ1) is 12.4. The number of rotatable bonds is 6. The summed E-state index contributed by atoms with van der Waals surface area (Å²) in [5.74, 6) is 1.75. The van der Waals surface area contributed by atoms with Crippen LogP contribution < -0.4 is 5.32 Å². The van der Waals surface area contributed by atoms with Crippen molar-refractivity contribution in [3.63, 3.8) is 0 Å². The average molecular weight is 355 g/mol. The van der Waals surface area contributed by atoms with Crippen molar-refractivity contribution in [3.05, 3.63) is 36.0 Å². The highest BCUT2D eigenvalue weighted by molar-refractivity contribution is 6.10. The molecule has 0 aliphatic heterocycles. The van der Waals surface area contributed by atoms with Crippen LogP contribution in [-0.4, -0.2) is 42.3 Å². The van der Waals surface area contributed by atoms with E-state index in [0.717, 1.165) is 25.3 Å². The molecule has 2 saturated carbocycles. The van der Waals surface area contributed by atoms with Gasteiger partial charge in [0.15, 0.2) is 0 Å². The highest BCUT2D eigenvalue weighted by atomic mass is 16.3. The lowest BCUT2D eigenvalue weighted by Crippen LogP contribution is -2.24. The number of anilines is 1. The maximum absolute atomic E-state index is 12.9. The van der Waals surface area contributed by atoms with Gasteiger partial charge in [0.1, 0.15) is 17.8 Å². The van der Waals surface area contributed by atoms with Gasteiger partial charge in [0.25, 0.3) is 0 Å². The fraction of sp³-hybridized carbons (Fsp3) is 0.579. The zero-order chi connectivity index (χ0) is 18.3. The van der Waals surface area contributed by atoms with Crippen molar-refractivity contribution in [1.29, 1.82) is 0 Å². The summed E-state index contributed by atoms with van der Waals surface area (Å²) in [4.78, 5) is 21.2. The molecule has 2 aromatic heterocycles. The molecule has 138 valence electrons. The molecule has 0 amide bonds. The second-order valence-corrected chi connectivity index (χ2v) is 8.09. The summed E-state index contributed by atoms with van der Waals surface area (Å²) in [6.45, 7) is 4.94. The molecule has 7 heteroatoms. The molecule has 0 aromatic carbocycles. The number of ketones is 1. The summed E-state index contributed by atoms with van der Waals surface area (Å²) in [6.07, 6.45) is 8.28. The normalized spacial score (nSPS) is 30.3. The molecule has 0 radical (unpaired) electrons. The second kappa shape index (κ2) is 6.46. The van der Waals surface area contributed by atoms with Gasteiger partial charge in [0.2, 0.25) is 5.78 Å². The molecule has 2 heterocycles. The van der Waals surface area contributed by atoms with Crippen molar-refractivity contribution in [3.8, 4) is 0 Å². The van der Waals surface area contributed by atoms with Crippen LogP contribution in [0, 0.1) is 11.8 Å². The lowest BCUT2D eigenvalue weighted by molar-refractivity contribution is 0.0673. The second-order valence-electron chi connectivity index (χ2n) is 8.09. The van der Waals surface area contributed by atoms with E-state index in [1.165, 1.54) is 18.9 Å². The van der Waals surface area contributed by atoms with Gasteiger partial charge in [-0.15, -0.1) is 0 Å². The summed E-state index contributed by atoms with van der Waals surface area (Å²) in [6, 6.07) is 1.85. The number of nitrogens with one attached hydrogen (secondary N) is 1. The van der Waals surface area contributed by atoms with Crippen molar-refractivity contribution in [2.75, 3.05) is 5.32 Å². The minimum Gasteiger partial charge on any atom is -0.390 e. The first-order valence-corrected chi connectivity index (χ1v) is 9.28. The van der Waals surface area contributed by atoms with E-state index in [4.69, 9.17) is 0 Å². The predicted octanol–water partition coefficient (Wildman–Crippen LogP) is 2.28. The van der Waals surface area contributed by atoms with Crippen LogP contribution in [0.5, 0.6) is 0 Å². The van der Waals surface area contributed by atoms with Gasteiger partial charge in [0, 0.05) is 25.0 Å². The van der Waals surface area contributed by atoms with Gasteiger partial charge in [-0.3, -0.25) is 9.48 Å². The Hall–Kier alpha value is -2.28. The number of hydrogen-bond donors (Lipinski definition) is 2. The first kappa shape index (κ1) is 17.1. The quantitative estimate of drug-likeness (QED) is 0.772. The van der Waals surface area contributed by atoms with Crippen LogP contribution in [0.4, 0.5) is 5.82 Å². The standard InChI is InChI=1S/C19H25N5O2/c1-12-7-13(12)10-24-6-4-16(23-24)17(25)15-9-20-11-21-18(15)22-14-3-5-19(2,26)8-14/h4,6,9,11-14,26H,3,5,7-8,10H2,1-2H3,(H,20,21,22)/t12-,13+,14+,19+/m0/s1. The fourth-order valence-electron chi connectivity index (χ4n) is 3.76. The van der Waals surface area contributed by atoms with Crippen LogP contribution in [0.1, 0.15) is 55.6 Å². The number of carbonyl (C=O) groups excluding carboxylic acids is 1. The lowest BCUT2D eigenvalue weighted by Gasteiger charge is -2.18. The number of aliphatic hydroxyl groups is 1. The molecular weight excluding hydrogens is 330 g/mol. The van der Waals surface area contributed by atoms with Crippen molar-refractivity contribution in [2.45, 2.75) is 57.7 Å². The smallest absolute Gasteiger partial charge is 0.218 e. The molecule has 0 saturated heterocycles. The molecule has 2 fully saturated rings. The molecular formula is C19H25N5O2. The van der Waals surface area contributed by atoms with Gasteiger partial charge < -0.3 is 10.4 Å². The number of hydrogen-bond acceptors (Lipinski definition) is 6. The van der Waals surface area contributed by atoms with Crippen molar-refractivity contribution < 1.29 is 9.90 Å². The molecule has 0 spiro atoms. The van der Waals surface area contributed by atoms with E-state index in [2.05, 4.69) is 27.3 Å². The van der Waals surface area contributed by atoms with Gasteiger partial charge >= 0.3 is 0 Å². The number of nitrogens with zero attached hydrogens (tertiary/aromatic N) is 4. The molecule has 4 rings (SSSR count). The highest BCUT2D eigenvalue weighted by Crippen LogP contribution is 2.38. The zero-order valence-corrected chi connectivity index (χ0v) is 15.2. The van der Waals surface area contributed by atoms with E-state index in [0.29, 0.717) is 29.4 Å². The third-order valence-electron chi connectivity index (χ3n) is 5.59. The summed E-state index contributed by atoms with van der Waals surface area (Å²) in [5, 5.41) is 17.9. The van der Waals surface area contributed by atoms with Gasteiger partial charge in [-0.1, -0.05) is 6.92 Å². The Bertz CT molecular complexity index is 816. The fourth-order valence-corrected chi connectivity index (χ4v) is 3.76. The predicted molar refractivity (Wildman–Crippen MR) is 96.8 cm³/mol. The minimum absolute atomic E-state index is 0.0976. The largest absolute Gasteiger partial charge is 0.390 e. The third kappa shape index (κ3) is 3.62. The van der Waals surface area contributed by atoms with E-state index in [1.54, 1.807) is 6.07 Å². The topological polar surface area (TPSA) is 92.9 Å². The number of aromatic nitrogens is 4. The van der Waals surface area contributed by atoms with E-state index in [-0.39, 0.29) is 11.8 Å². The van der Waals surface area contributed by atoms with Crippen LogP contribution in [0.2, 0.25) is 0 Å². The van der Waals surface area contributed by atoms with Gasteiger partial charge in [-0.2, -0.15) is 5.10 Å². The highest BCUT2D eigenvalue weighted by Gasteiger charge is 2.34. The molecule has 26 heavy (non-hydrogen) atoms. The Kier molecular flexibility index (Phi) is 4.26. The summed E-state index contributed by atoms with van der Waals surface area (Å²) < 4.78 is 1.85. The molecule has 0 unspecified atom stereocenters. The molecule has 2 aliphatic carbocycles. The van der Waals surface area contributed by atoms with Gasteiger partial charge in [-0.05, 0) is 50.5 Å². The Labute approximate surface area is 152 Å². The molecule has 2 N–H and O–H groups in total.